The van der Waals surface area contributed by atoms with Gasteiger partial charge in [-0.3, -0.25) is 0 Å². The molecule has 3 rings (SSSR count). The Labute approximate surface area is 156 Å². The molecule has 1 heterocycles. The molecule has 1 aliphatic rings. The number of nitrogens with one attached hydrogen (secondary N) is 1. The maximum Gasteiger partial charge on any atom is 0.240 e. The van der Waals surface area contributed by atoms with Crippen molar-refractivity contribution in [3.63, 3.8) is 0 Å². The molecule has 0 aromatic heterocycles. The summed E-state index contributed by atoms with van der Waals surface area (Å²) in [5, 5.41) is 0. The lowest BCUT2D eigenvalue weighted by molar-refractivity contribution is 0.122. The summed E-state index contributed by atoms with van der Waals surface area (Å²) in [6.45, 7) is 7.52. The molecule has 0 unspecified atom stereocenters. The smallest absolute Gasteiger partial charge is 0.240 e. The summed E-state index contributed by atoms with van der Waals surface area (Å²) in [6.07, 6.45) is 0.660. The van der Waals surface area contributed by atoms with Gasteiger partial charge in [0, 0.05) is 25.3 Å². The Hall–Kier alpha value is -1.89. The van der Waals surface area contributed by atoms with Crippen LogP contribution in [0.5, 0.6) is 0 Å². The third kappa shape index (κ3) is 4.63. The molecule has 5 nitrogen and oxygen atoms in total. The van der Waals surface area contributed by atoms with Crippen molar-refractivity contribution in [2.24, 2.45) is 0 Å². The molecule has 6 heteroatoms. The van der Waals surface area contributed by atoms with Crippen molar-refractivity contribution in [2.75, 3.05) is 37.7 Å². The first-order valence-corrected chi connectivity index (χ1v) is 10.4. The van der Waals surface area contributed by atoms with Crippen LogP contribution in [-0.2, 0) is 21.2 Å². The van der Waals surface area contributed by atoms with E-state index in [4.69, 9.17) is 4.74 Å². The highest BCUT2D eigenvalue weighted by Crippen LogP contribution is 2.18. The van der Waals surface area contributed by atoms with Gasteiger partial charge in [0.15, 0.2) is 0 Å². The summed E-state index contributed by atoms with van der Waals surface area (Å²) in [5.74, 6) is 0. The first-order chi connectivity index (χ1) is 12.5. The van der Waals surface area contributed by atoms with Gasteiger partial charge in [0.1, 0.15) is 0 Å². The molecule has 0 radical (unpaired) electrons. The van der Waals surface area contributed by atoms with Crippen LogP contribution in [0.15, 0.2) is 47.4 Å². The number of ether oxygens (including phenoxy) is 1. The Kier molecular flexibility index (Phi) is 5.96. The van der Waals surface area contributed by atoms with Gasteiger partial charge in [-0.05, 0) is 49.6 Å². The number of rotatable bonds is 6. The number of benzene rings is 2. The molecule has 0 amide bonds. The standard InChI is InChI=1S/C20H26N2O3S/c1-16-3-8-20(17(2)15-16)26(23,24)21-10-9-18-4-6-19(7-5-18)22-11-13-25-14-12-22/h3-8,15,21H,9-14H2,1-2H3. The van der Waals surface area contributed by atoms with Crippen LogP contribution >= 0.6 is 0 Å². The van der Waals surface area contributed by atoms with E-state index in [1.807, 2.05) is 26.0 Å². The van der Waals surface area contributed by atoms with Crippen molar-refractivity contribution in [2.45, 2.75) is 25.2 Å². The van der Waals surface area contributed by atoms with Crippen molar-refractivity contribution in [1.29, 1.82) is 0 Å². The van der Waals surface area contributed by atoms with E-state index < -0.39 is 10.0 Å². The topological polar surface area (TPSA) is 58.6 Å². The molecule has 2 aromatic carbocycles. The zero-order chi connectivity index (χ0) is 18.6. The Balaban J connectivity index is 1.57. The Morgan fingerprint density at radius 1 is 1.04 bits per heavy atom. The lowest BCUT2D eigenvalue weighted by atomic mass is 10.1. The number of hydrogen-bond acceptors (Lipinski definition) is 4. The second-order valence-electron chi connectivity index (χ2n) is 6.68. The minimum Gasteiger partial charge on any atom is -0.378 e. The fourth-order valence-corrected chi connectivity index (χ4v) is 4.46. The molecular formula is C20H26N2O3S. The quantitative estimate of drug-likeness (QED) is 0.845. The second-order valence-corrected chi connectivity index (χ2v) is 8.42. The second kappa shape index (κ2) is 8.20. The van der Waals surface area contributed by atoms with Gasteiger partial charge >= 0.3 is 0 Å². The Bertz CT molecular complexity index is 842. The molecule has 0 saturated carbocycles. The predicted octanol–water partition coefficient (Wildman–Crippen LogP) is 2.66. The van der Waals surface area contributed by atoms with Gasteiger partial charge in [-0.1, -0.05) is 29.8 Å². The van der Waals surface area contributed by atoms with E-state index >= 15 is 0 Å². The first-order valence-electron chi connectivity index (χ1n) is 8.94. The number of sulfonamides is 1. The van der Waals surface area contributed by atoms with Crippen LogP contribution in [0, 0.1) is 13.8 Å². The van der Waals surface area contributed by atoms with E-state index in [9.17, 15) is 8.42 Å². The Morgan fingerprint density at radius 3 is 2.38 bits per heavy atom. The van der Waals surface area contributed by atoms with Crippen LogP contribution in [0.3, 0.4) is 0 Å². The zero-order valence-electron chi connectivity index (χ0n) is 15.4. The van der Waals surface area contributed by atoms with E-state index in [2.05, 4.69) is 33.9 Å². The largest absolute Gasteiger partial charge is 0.378 e. The van der Waals surface area contributed by atoms with E-state index in [0.29, 0.717) is 17.9 Å². The van der Waals surface area contributed by atoms with Crippen LogP contribution in [0.2, 0.25) is 0 Å². The molecule has 0 aliphatic carbocycles. The van der Waals surface area contributed by atoms with Crippen molar-refractivity contribution in [3.05, 3.63) is 59.2 Å². The molecule has 1 N–H and O–H groups in total. The van der Waals surface area contributed by atoms with Crippen molar-refractivity contribution >= 4 is 15.7 Å². The molecule has 1 aliphatic heterocycles. The predicted molar refractivity (Wildman–Crippen MR) is 104 cm³/mol. The molecule has 2 aromatic rings. The van der Waals surface area contributed by atoms with Crippen LogP contribution in [0.1, 0.15) is 16.7 Å². The highest BCUT2D eigenvalue weighted by atomic mass is 32.2. The number of hydrogen-bond donors (Lipinski definition) is 1. The number of morpholine rings is 1. The molecule has 0 bridgehead atoms. The molecule has 0 atom stereocenters. The maximum atomic E-state index is 12.5. The highest BCUT2D eigenvalue weighted by molar-refractivity contribution is 7.89. The first kappa shape index (κ1) is 18.9. The van der Waals surface area contributed by atoms with Gasteiger partial charge < -0.3 is 9.64 Å². The molecular weight excluding hydrogens is 348 g/mol. The van der Waals surface area contributed by atoms with Crippen molar-refractivity contribution in [1.82, 2.24) is 4.72 Å². The average molecular weight is 375 g/mol. The van der Waals surface area contributed by atoms with E-state index in [0.717, 1.165) is 43.0 Å². The normalized spacial score (nSPS) is 15.2. The fraction of sp³-hybridized carbons (Fsp3) is 0.400. The summed E-state index contributed by atoms with van der Waals surface area (Å²) in [6, 6.07) is 13.7. The van der Waals surface area contributed by atoms with Crippen molar-refractivity contribution in [3.8, 4) is 0 Å². The van der Waals surface area contributed by atoms with Gasteiger partial charge in [0.2, 0.25) is 10.0 Å². The van der Waals surface area contributed by atoms with Crippen LogP contribution in [0.4, 0.5) is 5.69 Å². The van der Waals surface area contributed by atoms with E-state index in [-0.39, 0.29) is 0 Å². The molecule has 0 spiro atoms. The van der Waals surface area contributed by atoms with Crippen LogP contribution in [0.25, 0.3) is 0 Å². The third-order valence-electron chi connectivity index (χ3n) is 4.64. The summed E-state index contributed by atoms with van der Waals surface area (Å²) in [7, 11) is -3.48. The molecule has 1 fully saturated rings. The van der Waals surface area contributed by atoms with E-state index in [1.165, 1.54) is 5.69 Å². The molecule has 26 heavy (non-hydrogen) atoms. The fourth-order valence-electron chi connectivity index (χ4n) is 3.20. The van der Waals surface area contributed by atoms with E-state index in [1.54, 1.807) is 6.07 Å². The molecule has 140 valence electrons. The number of nitrogens with zero attached hydrogens (tertiary/aromatic N) is 1. The number of anilines is 1. The summed E-state index contributed by atoms with van der Waals surface area (Å²) in [4.78, 5) is 2.65. The van der Waals surface area contributed by atoms with Crippen LogP contribution < -0.4 is 9.62 Å². The lowest BCUT2D eigenvalue weighted by Gasteiger charge is -2.28. The summed E-state index contributed by atoms with van der Waals surface area (Å²) in [5.41, 5.74) is 4.13. The minimum atomic E-state index is -3.48. The average Bonchev–Trinajstić information content (AvgIpc) is 2.62. The van der Waals surface area contributed by atoms with Gasteiger partial charge in [-0.2, -0.15) is 0 Å². The Morgan fingerprint density at radius 2 is 1.73 bits per heavy atom. The summed E-state index contributed by atoms with van der Waals surface area (Å²) >= 11 is 0. The van der Waals surface area contributed by atoms with Gasteiger partial charge in [-0.25, -0.2) is 13.1 Å². The zero-order valence-corrected chi connectivity index (χ0v) is 16.2. The third-order valence-corrected chi connectivity index (χ3v) is 6.26. The highest BCUT2D eigenvalue weighted by Gasteiger charge is 2.16. The minimum absolute atomic E-state index is 0.353. The van der Waals surface area contributed by atoms with Gasteiger partial charge in [0.05, 0.1) is 18.1 Å². The maximum absolute atomic E-state index is 12.5. The SMILES string of the molecule is Cc1ccc(S(=O)(=O)NCCc2ccc(N3CCOCC3)cc2)c(C)c1. The summed E-state index contributed by atoms with van der Waals surface area (Å²) < 4.78 is 33.1. The monoisotopic (exact) mass is 374 g/mol. The van der Waals surface area contributed by atoms with Crippen molar-refractivity contribution < 1.29 is 13.2 Å². The lowest BCUT2D eigenvalue weighted by Crippen LogP contribution is -2.36. The van der Waals surface area contributed by atoms with Gasteiger partial charge in [0.25, 0.3) is 0 Å². The number of aryl methyl sites for hydroxylation is 2. The molecule has 1 saturated heterocycles. The van der Waals surface area contributed by atoms with Crippen LogP contribution in [-0.4, -0.2) is 41.3 Å². The van der Waals surface area contributed by atoms with Gasteiger partial charge in [-0.15, -0.1) is 0 Å².